The van der Waals surface area contributed by atoms with Crippen molar-refractivity contribution >= 4 is 17.1 Å². The highest BCUT2D eigenvalue weighted by molar-refractivity contribution is 5.75. The Balaban J connectivity index is 1.38. The van der Waals surface area contributed by atoms with Gasteiger partial charge in [0.2, 0.25) is 5.89 Å². The first-order valence-electron chi connectivity index (χ1n) is 9.68. The maximum absolute atomic E-state index is 11.0. The maximum Gasteiger partial charge on any atom is 0.321 e. The highest BCUT2D eigenvalue weighted by Crippen LogP contribution is 2.25. The number of nitrogens with one attached hydrogen (secondary N) is 1. The van der Waals surface area contributed by atoms with Gasteiger partial charge in [-0.2, -0.15) is 0 Å². The highest BCUT2D eigenvalue weighted by atomic mass is 16.7. The van der Waals surface area contributed by atoms with E-state index in [0.29, 0.717) is 12.5 Å². The Bertz CT molecular complexity index is 902. The van der Waals surface area contributed by atoms with Gasteiger partial charge in [-0.25, -0.2) is 4.98 Å². The van der Waals surface area contributed by atoms with Gasteiger partial charge in [0.25, 0.3) is 0 Å². The van der Waals surface area contributed by atoms with E-state index in [1.54, 1.807) is 0 Å². The predicted octanol–water partition coefficient (Wildman–Crippen LogP) is 4.39. The van der Waals surface area contributed by atoms with E-state index in [0.717, 1.165) is 47.9 Å². The van der Waals surface area contributed by atoms with Crippen LogP contribution in [0.3, 0.4) is 0 Å². The first kappa shape index (κ1) is 18.7. The van der Waals surface area contributed by atoms with E-state index >= 15 is 0 Å². The SMILES string of the molecule is CC(=O)ONC1CCCCC1OCc1ccc(-c2nc3ccccc3o2)cc1. The van der Waals surface area contributed by atoms with E-state index in [2.05, 4.69) is 10.5 Å². The van der Waals surface area contributed by atoms with Crippen molar-refractivity contribution in [3.05, 3.63) is 54.1 Å². The van der Waals surface area contributed by atoms with Crippen LogP contribution in [0.25, 0.3) is 22.6 Å². The predicted molar refractivity (Wildman–Crippen MR) is 105 cm³/mol. The Morgan fingerprint density at radius 3 is 2.71 bits per heavy atom. The second-order valence-corrected chi connectivity index (χ2v) is 7.14. The normalized spacial score (nSPS) is 19.6. The fourth-order valence-corrected chi connectivity index (χ4v) is 3.53. The number of ether oxygens (including phenoxy) is 1. The summed E-state index contributed by atoms with van der Waals surface area (Å²) in [5.41, 5.74) is 6.51. The van der Waals surface area contributed by atoms with E-state index < -0.39 is 0 Å². The van der Waals surface area contributed by atoms with Crippen LogP contribution in [0, 0.1) is 0 Å². The Labute approximate surface area is 163 Å². The van der Waals surface area contributed by atoms with Gasteiger partial charge in [0, 0.05) is 12.5 Å². The van der Waals surface area contributed by atoms with Crippen LogP contribution in [-0.2, 0) is 21.0 Å². The molecule has 146 valence electrons. The molecule has 3 aromatic rings. The lowest BCUT2D eigenvalue weighted by Gasteiger charge is -2.31. The van der Waals surface area contributed by atoms with Crippen molar-refractivity contribution in [2.24, 2.45) is 0 Å². The lowest BCUT2D eigenvalue weighted by molar-refractivity contribution is -0.154. The van der Waals surface area contributed by atoms with Gasteiger partial charge in [-0.3, -0.25) is 4.79 Å². The zero-order valence-electron chi connectivity index (χ0n) is 15.9. The van der Waals surface area contributed by atoms with Crippen LogP contribution in [0.4, 0.5) is 0 Å². The van der Waals surface area contributed by atoms with E-state index in [9.17, 15) is 4.79 Å². The third-order valence-corrected chi connectivity index (χ3v) is 5.02. The van der Waals surface area contributed by atoms with Gasteiger partial charge in [0.15, 0.2) is 5.58 Å². The molecule has 0 bridgehead atoms. The summed E-state index contributed by atoms with van der Waals surface area (Å²) >= 11 is 0. The third kappa shape index (κ3) is 4.40. The van der Waals surface area contributed by atoms with Crippen molar-refractivity contribution in [1.29, 1.82) is 0 Å². The summed E-state index contributed by atoms with van der Waals surface area (Å²) in [5, 5.41) is 0. The molecule has 2 aromatic carbocycles. The summed E-state index contributed by atoms with van der Waals surface area (Å²) in [6, 6.07) is 15.8. The fraction of sp³-hybridized carbons (Fsp3) is 0.364. The van der Waals surface area contributed by atoms with Gasteiger partial charge in [0.05, 0.1) is 18.8 Å². The number of nitrogens with zero attached hydrogens (tertiary/aromatic N) is 1. The summed E-state index contributed by atoms with van der Waals surface area (Å²) in [4.78, 5) is 20.5. The number of carbonyl (C=O) groups is 1. The van der Waals surface area contributed by atoms with Gasteiger partial charge >= 0.3 is 5.97 Å². The van der Waals surface area contributed by atoms with Gasteiger partial charge in [-0.15, -0.1) is 5.48 Å². The number of carbonyl (C=O) groups excluding carboxylic acids is 1. The number of para-hydroxylation sites is 2. The lowest BCUT2D eigenvalue weighted by atomic mass is 9.93. The van der Waals surface area contributed by atoms with Crippen LogP contribution in [0.2, 0.25) is 0 Å². The highest BCUT2D eigenvalue weighted by Gasteiger charge is 2.26. The van der Waals surface area contributed by atoms with Crippen molar-refractivity contribution < 1.29 is 18.8 Å². The molecular formula is C22H24N2O4. The minimum absolute atomic E-state index is 0.0322. The molecule has 2 unspecified atom stereocenters. The second-order valence-electron chi connectivity index (χ2n) is 7.14. The van der Waals surface area contributed by atoms with Gasteiger partial charge in [-0.05, 0) is 42.7 Å². The number of oxazole rings is 1. The number of aromatic nitrogens is 1. The largest absolute Gasteiger partial charge is 0.436 e. The lowest BCUT2D eigenvalue weighted by Crippen LogP contribution is -2.44. The summed E-state index contributed by atoms with van der Waals surface area (Å²) in [6.07, 6.45) is 4.16. The number of hydrogen-bond donors (Lipinski definition) is 1. The van der Waals surface area contributed by atoms with Crippen molar-refractivity contribution in [3.8, 4) is 11.5 Å². The quantitative estimate of drug-likeness (QED) is 0.640. The van der Waals surface area contributed by atoms with E-state index in [1.807, 2.05) is 48.5 Å². The number of rotatable bonds is 6. The molecule has 0 radical (unpaired) electrons. The zero-order chi connectivity index (χ0) is 19.3. The van der Waals surface area contributed by atoms with Crippen LogP contribution in [0.1, 0.15) is 38.2 Å². The molecule has 6 heteroatoms. The fourth-order valence-electron chi connectivity index (χ4n) is 3.53. The Morgan fingerprint density at radius 2 is 1.93 bits per heavy atom. The summed E-state index contributed by atoms with van der Waals surface area (Å²) in [7, 11) is 0. The smallest absolute Gasteiger partial charge is 0.321 e. The van der Waals surface area contributed by atoms with Crippen LogP contribution in [0.5, 0.6) is 0 Å². The van der Waals surface area contributed by atoms with E-state index in [4.69, 9.17) is 14.0 Å². The van der Waals surface area contributed by atoms with Gasteiger partial charge in [-0.1, -0.05) is 37.1 Å². The minimum Gasteiger partial charge on any atom is -0.436 e. The monoisotopic (exact) mass is 380 g/mol. The second kappa shape index (κ2) is 8.54. The third-order valence-electron chi connectivity index (χ3n) is 5.02. The summed E-state index contributed by atoms with van der Waals surface area (Å²) in [6.45, 7) is 1.90. The Hall–Kier alpha value is -2.70. The standard InChI is InChI=1S/C22H24N2O4/c1-15(25)28-24-19-7-3-4-8-20(19)26-14-16-10-12-17(13-11-16)22-23-18-6-2-5-9-21(18)27-22/h2,5-6,9-13,19-20,24H,3-4,7-8,14H2,1H3. The van der Waals surface area contributed by atoms with Crippen molar-refractivity contribution in [1.82, 2.24) is 10.5 Å². The molecule has 0 spiro atoms. The van der Waals surface area contributed by atoms with Crippen LogP contribution in [0.15, 0.2) is 52.9 Å². The van der Waals surface area contributed by atoms with Crippen molar-refractivity contribution in [2.45, 2.75) is 51.4 Å². The molecule has 1 N–H and O–H groups in total. The number of hydrogen-bond acceptors (Lipinski definition) is 6. The molecule has 1 aromatic heterocycles. The van der Waals surface area contributed by atoms with E-state index in [-0.39, 0.29) is 18.1 Å². The molecule has 1 aliphatic rings. The molecule has 0 saturated heterocycles. The van der Waals surface area contributed by atoms with E-state index in [1.165, 1.54) is 6.92 Å². The Morgan fingerprint density at radius 1 is 1.14 bits per heavy atom. The van der Waals surface area contributed by atoms with Crippen LogP contribution in [-0.4, -0.2) is 23.1 Å². The molecule has 4 rings (SSSR count). The van der Waals surface area contributed by atoms with Gasteiger partial charge < -0.3 is 14.0 Å². The minimum atomic E-state index is -0.334. The first-order chi connectivity index (χ1) is 13.7. The van der Waals surface area contributed by atoms with Crippen molar-refractivity contribution in [3.63, 3.8) is 0 Å². The molecule has 1 aliphatic carbocycles. The van der Waals surface area contributed by atoms with Crippen LogP contribution < -0.4 is 5.48 Å². The molecular weight excluding hydrogens is 356 g/mol. The zero-order valence-corrected chi connectivity index (χ0v) is 15.9. The first-order valence-corrected chi connectivity index (χ1v) is 9.68. The molecule has 1 heterocycles. The average Bonchev–Trinajstić information content (AvgIpc) is 3.16. The molecule has 1 fully saturated rings. The Kier molecular flexibility index (Phi) is 5.69. The maximum atomic E-state index is 11.0. The number of hydroxylamine groups is 1. The van der Waals surface area contributed by atoms with Gasteiger partial charge in [0.1, 0.15) is 5.52 Å². The molecule has 28 heavy (non-hydrogen) atoms. The summed E-state index contributed by atoms with van der Waals surface area (Å²) in [5.74, 6) is 0.283. The summed E-state index contributed by atoms with van der Waals surface area (Å²) < 4.78 is 11.9. The molecule has 1 saturated carbocycles. The number of fused-ring (bicyclic) bond motifs is 1. The molecule has 0 aliphatic heterocycles. The topological polar surface area (TPSA) is 73.6 Å². The molecule has 0 amide bonds. The number of benzene rings is 2. The molecule has 2 atom stereocenters. The van der Waals surface area contributed by atoms with Crippen LogP contribution >= 0.6 is 0 Å². The molecule has 6 nitrogen and oxygen atoms in total. The average molecular weight is 380 g/mol. The van der Waals surface area contributed by atoms with Crippen molar-refractivity contribution in [2.75, 3.05) is 0 Å².